The number of benzene rings is 1. The molecule has 0 spiro atoms. The molecule has 1 aromatic carbocycles. The summed E-state index contributed by atoms with van der Waals surface area (Å²) in [5.74, 6) is 0.0124. The zero-order chi connectivity index (χ0) is 12.7. The van der Waals surface area contributed by atoms with Crippen molar-refractivity contribution in [2.75, 3.05) is 13.2 Å². The molecule has 1 aliphatic rings. The van der Waals surface area contributed by atoms with Gasteiger partial charge in [0.1, 0.15) is 0 Å². The number of aliphatic hydroxyl groups is 1. The first-order valence-electron chi connectivity index (χ1n) is 6.20. The summed E-state index contributed by atoms with van der Waals surface area (Å²) in [4.78, 5) is 16.7. The Labute approximate surface area is 105 Å². The zero-order valence-electron chi connectivity index (χ0n) is 10.3. The van der Waals surface area contributed by atoms with Gasteiger partial charge in [-0.25, -0.2) is 0 Å². The lowest BCUT2D eigenvalue weighted by Crippen LogP contribution is -2.40. The monoisotopic (exact) mass is 244 g/mol. The van der Waals surface area contributed by atoms with Gasteiger partial charge in [-0.2, -0.15) is 0 Å². The summed E-state index contributed by atoms with van der Waals surface area (Å²) >= 11 is 0. The van der Waals surface area contributed by atoms with E-state index in [2.05, 4.69) is 11.1 Å². The summed E-state index contributed by atoms with van der Waals surface area (Å²) in [6.45, 7) is 2.19. The summed E-state index contributed by atoms with van der Waals surface area (Å²) in [5.41, 5.74) is 3.30. The Kier molecular flexibility index (Phi) is 2.59. The van der Waals surface area contributed by atoms with Crippen LogP contribution in [0.15, 0.2) is 24.3 Å². The van der Waals surface area contributed by atoms with Crippen LogP contribution < -0.4 is 0 Å². The second-order valence-corrected chi connectivity index (χ2v) is 4.72. The molecular formula is C14H16N2O2. The average Bonchev–Trinajstić information content (AvgIpc) is 2.75. The summed E-state index contributed by atoms with van der Waals surface area (Å²) in [6.07, 6.45) is 0.843. The lowest BCUT2D eigenvalue weighted by molar-refractivity contribution is -0.132. The molecule has 0 radical (unpaired) electrons. The normalized spacial score (nSPS) is 19.0. The molecule has 94 valence electrons. The van der Waals surface area contributed by atoms with Crippen molar-refractivity contribution < 1.29 is 9.90 Å². The number of nitrogens with one attached hydrogen (secondary N) is 1. The third-order valence-electron chi connectivity index (χ3n) is 3.74. The van der Waals surface area contributed by atoms with Crippen LogP contribution in [0.5, 0.6) is 0 Å². The van der Waals surface area contributed by atoms with Crippen LogP contribution in [-0.4, -0.2) is 34.0 Å². The van der Waals surface area contributed by atoms with Crippen molar-refractivity contribution in [1.82, 2.24) is 9.88 Å². The second kappa shape index (κ2) is 4.14. The second-order valence-electron chi connectivity index (χ2n) is 4.72. The van der Waals surface area contributed by atoms with E-state index in [0.717, 1.165) is 17.6 Å². The van der Waals surface area contributed by atoms with E-state index in [1.807, 2.05) is 18.2 Å². The van der Waals surface area contributed by atoms with E-state index < -0.39 is 0 Å². The SMILES string of the molecule is CC(=O)N1CCc2c([nH]c3ccccc23)C1CO. The van der Waals surface area contributed by atoms with Gasteiger partial charge in [-0.3, -0.25) is 4.79 Å². The molecule has 0 saturated carbocycles. The summed E-state index contributed by atoms with van der Waals surface area (Å²) < 4.78 is 0. The third kappa shape index (κ3) is 1.53. The molecule has 0 saturated heterocycles. The maximum absolute atomic E-state index is 11.6. The molecule has 1 amide bonds. The predicted molar refractivity (Wildman–Crippen MR) is 69.2 cm³/mol. The quantitative estimate of drug-likeness (QED) is 0.800. The van der Waals surface area contributed by atoms with Crippen LogP contribution in [0.1, 0.15) is 24.2 Å². The van der Waals surface area contributed by atoms with Crippen LogP contribution >= 0.6 is 0 Å². The van der Waals surface area contributed by atoms with Gasteiger partial charge in [0.25, 0.3) is 0 Å². The molecule has 2 N–H and O–H groups in total. The molecule has 1 aliphatic heterocycles. The van der Waals surface area contributed by atoms with E-state index >= 15 is 0 Å². The highest BCUT2D eigenvalue weighted by molar-refractivity contribution is 5.86. The molecule has 1 unspecified atom stereocenters. The molecule has 4 nitrogen and oxygen atoms in total. The van der Waals surface area contributed by atoms with Gasteiger partial charge >= 0.3 is 0 Å². The van der Waals surface area contributed by atoms with Gasteiger partial charge in [0.05, 0.1) is 12.6 Å². The molecule has 18 heavy (non-hydrogen) atoms. The number of aromatic nitrogens is 1. The largest absolute Gasteiger partial charge is 0.394 e. The molecule has 3 rings (SSSR count). The molecule has 1 aromatic heterocycles. The van der Waals surface area contributed by atoms with Crippen LogP contribution in [0, 0.1) is 0 Å². The van der Waals surface area contributed by atoms with Crippen molar-refractivity contribution in [2.24, 2.45) is 0 Å². The minimum atomic E-state index is -0.237. The number of carbonyl (C=O) groups excluding carboxylic acids is 1. The highest BCUT2D eigenvalue weighted by atomic mass is 16.3. The van der Waals surface area contributed by atoms with Gasteiger partial charge in [-0.1, -0.05) is 18.2 Å². The number of aromatic amines is 1. The molecule has 2 heterocycles. The van der Waals surface area contributed by atoms with Crippen LogP contribution in [0.4, 0.5) is 0 Å². The first kappa shape index (κ1) is 11.3. The predicted octanol–water partition coefficient (Wildman–Crippen LogP) is 1.61. The number of rotatable bonds is 1. The fourth-order valence-corrected chi connectivity index (χ4v) is 2.89. The number of hydrogen-bond acceptors (Lipinski definition) is 2. The first-order valence-corrected chi connectivity index (χ1v) is 6.20. The Morgan fingerprint density at radius 2 is 2.28 bits per heavy atom. The van der Waals surface area contributed by atoms with Crippen molar-refractivity contribution in [1.29, 1.82) is 0 Å². The number of carbonyl (C=O) groups is 1. The van der Waals surface area contributed by atoms with Crippen LogP contribution in [0.25, 0.3) is 10.9 Å². The number of fused-ring (bicyclic) bond motifs is 3. The Morgan fingerprint density at radius 3 is 3.00 bits per heavy atom. The number of para-hydroxylation sites is 1. The van der Waals surface area contributed by atoms with Crippen LogP contribution in [-0.2, 0) is 11.2 Å². The minimum absolute atomic E-state index is 0.0124. The van der Waals surface area contributed by atoms with Gasteiger partial charge in [-0.15, -0.1) is 0 Å². The molecule has 2 aromatic rings. The van der Waals surface area contributed by atoms with Crippen molar-refractivity contribution >= 4 is 16.8 Å². The van der Waals surface area contributed by atoms with Crippen molar-refractivity contribution in [2.45, 2.75) is 19.4 Å². The van der Waals surface area contributed by atoms with Crippen molar-refractivity contribution in [3.8, 4) is 0 Å². The van der Waals surface area contributed by atoms with Crippen molar-refractivity contribution in [3.05, 3.63) is 35.5 Å². The standard InChI is InChI=1S/C14H16N2O2/c1-9(18)16-7-6-11-10-4-2-3-5-12(10)15-14(11)13(16)8-17/h2-5,13,15,17H,6-8H2,1H3. The highest BCUT2D eigenvalue weighted by Crippen LogP contribution is 2.34. The molecule has 0 aliphatic carbocycles. The minimum Gasteiger partial charge on any atom is -0.394 e. The number of amides is 1. The number of aliphatic hydroxyl groups excluding tert-OH is 1. The summed E-state index contributed by atoms with van der Waals surface area (Å²) in [5, 5.41) is 10.8. The van der Waals surface area contributed by atoms with E-state index in [0.29, 0.717) is 6.54 Å². The van der Waals surface area contributed by atoms with Gasteiger partial charge in [0.2, 0.25) is 5.91 Å². The summed E-state index contributed by atoms with van der Waals surface area (Å²) in [6, 6.07) is 7.88. The first-order chi connectivity index (χ1) is 8.72. The molecular weight excluding hydrogens is 228 g/mol. The van der Waals surface area contributed by atoms with Gasteiger partial charge in [-0.05, 0) is 18.1 Å². The Morgan fingerprint density at radius 1 is 1.50 bits per heavy atom. The molecule has 1 atom stereocenters. The molecule has 0 bridgehead atoms. The van der Waals surface area contributed by atoms with E-state index in [1.165, 1.54) is 10.9 Å². The van der Waals surface area contributed by atoms with Gasteiger partial charge < -0.3 is 15.0 Å². The number of hydrogen-bond donors (Lipinski definition) is 2. The smallest absolute Gasteiger partial charge is 0.220 e. The van der Waals surface area contributed by atoms with Crippen LogP contribution in [0.2, 0.25) is 0 Å². The topological polar surface area (TPSA) is 56.3 Å². The highest BCUT2D eigenvalue weighted by Gasteiger charge is 2.31. The molecule has 4 heteroatoms. The van der Waals surface area contributed by atoms with E-state index in [-0.39, 0.29) is 18.6 Å². The van der Waals surface area contributed by atoms with Gasteiger partial charge in [0.15, 0.2) is 0 Å². The van der Waals surface area contributed by atoms with Crippen molar-refractivity contribution in [3.63, 3.8) is 0 Å². The number of H-pyrrole nitrogens is 1. The van der Waals surface area contributed by atoms with E-state index in [1.54, 1.807) is 11.8 Å². The zero-order valence-corrected chi connectivity index (χ0v) is 10.3. The Hall–Kier alpha value is -1.81. The lowest BCUT2D eigenvalue weighted by Gasteiger charge is -2.34. The molecule has 0 fully saturated rings. The Bertz CT molecular complexity index is 603. The van der Waals surface area contributed by atoms with E-state index in [9.17, 15) is 9.90 Å². The average molecular weight is 244 g/mol. The van der Waals surface area contributed by atoms with Gasteiger partial charge in [0, 0.05) is 30.1 Å². The van der Waals surface area contributed by atoms with E-state index in [4.69, 9.17) is 0 Å². The number of nitrogens with zero attached hydrogens (tertiary/aromatic N) is 1. The lowest BCUT2D eigenvalue weighted by atomic mass is 9.97. The Balaban J connectivity index is 2.16. The van der Waals surface area contributed by atoms with Crippen LogP contribution in [0.3, 0.4) is 0 Å². The maximum Gasteiger partial charge on any atom is 0.220 e. The fraction of sp³-hybridized carbons (Fsp3) is 0.357. The fourth-order valence-electron chi connectivity index (χ4n) is 2.89. The third-order valence-corrected chi connectivity index (χ3v) is 3.74. The maximum atomic E-state index is 11.6. The summed E-state index contributed by atoms with van der Waals surface area (Å²) in [7, 11) is 0.